The molecule has 0 saturated carbocycles. The molecule has 0 spiro atoms. The van der Waals surface area contributed by atoms with Gasteiger partial charge < -0.3 is 10.6 Å². The van der Waals surface area contributed by atoms with Crippen molar-refractivity contribution < 1.29 is 13.2 Å². The fraction of sp³-hybridized carbons (Fsp3) is 0.462. The van der Waals surface area contributed by atoms with Gasteiger partial charge in [-0.3, -0.25) is 4.79 Å². The van der Waals surface area contributed by atoms with Crippen LogP contribution in [0.4, 0.5) is 5.69 Å². The number of carbonyl (C=O) groups is 1. The lowest BCUT2D eigenvalue weighted by Gasteiger charge is -2.32. The minimum absolute atomic E-state index is 0. The summed E-state index contributed by atoms with van der Waals surface area (Å²) >= 11 is 0. The SMILES string of the molecule is CC(=O)Nc1ccc(S(=O)(=O)N2CCNCC2C)cc1.Cl. The van der Waals surface area contributed by atoms with Crippen molar-refractivity contribution in [1.82, 2.24) is 9.62 Å². The van der Waals surface area contributed by atoms with Crippen LogP contribution in [0.5, 0.6) is 0 Å². The largest absolute Gasteiger partial charge is 0.326 e. The summed E-state index contributed by atoms with van der Waals surface area (Å²) in [6.07, 6.45) is 0. The zero-order valence-corrected chi connectivity index (χ0v) is 13.6. The molecular formula is C13H20ClN3O3S. The molecule has 0 radical (unpaired) electrons. The van der Waals surface area contributed by atoms with Crippen LogP contribution >= 0.6 is 12.4 Å². The van der Waals surface area contributed by atoms with Crippen molar-refractivity contribution in [3.8, 4) is 0 Å². The van der Waals surface area contributed by atoms with Crippen LogP contribution in [0.25, 0.3) is 0 Å². The predicted octanol–water partition coefficient (Wildman–Crippen LogP) is 1.05. The quantitative estimate of drug-likeness (QED) is 0.866. The fourth-order valence-corrected chi connectivity index (χ4v) is 3.86. The van der Waals surface area contributed by atoms with E-state index in [-0.39, 0.29) is 29.3 Å². The van der Waals surface area contributed by atoms with Gasteiger partial charge in [-0.05, 0) is 31.2 Å². The highest BCUT2D eigenvalue weighted by atomic mass is 35.5. The van der Waals surface area contributed by atoms with E-state index in [1.54, 1.807) is 12.1 Å². The van der Waals surface area contributed by atoms with E-state index in [1.165, 1.54) is 23.4 Å². The van der Waals surface area contributed by atoms with E-state index in [0.29, 0.717) is 25.3 Å². The normalized spacial score (nSPS) is 19.6. The van der Waals surface area contributed by atoms with Crippen molar-refractivity contribution in [3.05, 3.63) is 24.3 Å². The van der Waals surface area contributed by atoms with Gasteiger partial charge in [-0.25, -0.2) is 8.42 Å². The molecule has 1 amide bonds. The number of hydrogen-bond donors (Lipinski definition) is 2. The maximum atomic E-state index is 12.5. The maximum absolute atomic E-state index is 12.5. The van der Waals surface area contributed by atoms with E-state index in [9.17, 15) is 13.2 Å². The highest BCUT2D eigenvalue weighted by Crippen LogP contribution is 2.21. The zero-order valence-electron chi connectivity index (χ0n) is 12.0. The molecule has 1 aliphatic heterocycles. The fourth-order valence-electron chi connectivity index (χ4n) is 2.23. The van der Waals surface area contributed by atoms with Gasteiger partial charge in [0.25, 0.3) is 0 Å². The number of rotatable bonds is 3. The molecule has 8 heteroatoms. The summed E-state index contributed by atoms with van der Waals surface area (Å²) in [4.78, 5) is 11.2. The first-order valence-corrected chi connectivity index (χ1v) is 7.95. The first-order chi connectivity index (χ1) is 9.41. The Hall–Kier alpha value is -1.15. The van der Waals surface area contributed by atoms with Crippen molar-refractivity contribution in [1.29, 1.82) is 0 Å². The molecular weight excluding hydrogens is 314 g/mol. The minimum Gasteiger partial charge on any atom is -0.326 e. The molecule has 21 heavy (non-hydrogen) atoms. The second kappa shape index (κ2) is 7.22. The molecule has 2 rings (SSSR count). The van der Waals surface area contributed by atoms with Gasteiger partial charge in [0.1, 0.15) is 0 Å². The van der Waals surface area contributed by atoms with E-state index in [1.807, 2.05) is 6.92 Å². The Morgan fingerprint density at radius 1 is 1.33 bits per heavy atom. The van der Waals surface area contributed by atoms with Crippen molar-refractivity contribution in [2.75, 3.05) is 25.0 Å². The maximum Gasteiger partial charge on any atom is 0.243 e. The second-order valence-corrected chi connectivity index (χ2v) is 6.77. The number of nitrogens with one attached hydrogen (secondary N) is 2. The van der Waals surface area contributed by atoms with Gasteiger partial charge in [0, 0.05) is 38.3 Å². The number of amides is 1. The average Bonchev–Trinajstić information content (AvgIpc) is 2.39. The molecule has 1 atom stereocenters. The molecule has 118 valence electrons. The smallest absolute Gasteiger partial charge is 0.243 e. The molecule has 1 aromatic carbocycles. The van der Waals surface area contributed by atoms with E-state index in [0.717, 1.165) is 0 Å². The lowest BCUT2D eigenvalue weighted by molar-refractivity contribution is -0.114. The van der Waals surface area contributed by atoms with Crippen LogP contribution in [0.1, 0.15) is 13.8 Å². The average molecular weight is 334 g/mol. The lowest BCUT2D eigenvalue weighted by atomic mass is 10.3. The zero-order chi connectivity index (χ0) is 14.8. The number of hydrogen-bond acceptors (Lipinski definition) is 4. The Bertz CT molecular complexity index is 589. The van der Waals surface area contributed by atoms with Gasteiger partial charge in [0.15, 0.2) is 0 Å². The summed E-state index contributed by atoms with van der Waals surface area (Å²) in [6.45, 7) is 5.08. The number of nitrogens with zero attached hydrogens (tertiary/aromatic N) is 1. The Morgan fingerprint density at radius 3 is 2.48 bits per heavy atom. The third-order valence-electron chi connectivity index (χ3n) is 3.22. The van der Waals surface area contributed by atoms with Crippen LogP contribution in [0, 0.1) is 0 Å². The molecule has 0 aliphatic carbocycles. The van der Waals surface area contributed by atoms with Crippen LogP contribution < -0.4 is 10.6 Å². The van der Waals surface area contributed by atoms with E-state index >= 15 is 0 Å². The van der Waals surface area contributed by atoms with Gasteiger partial charge in [-0.15, -0.1) is 12.4 Å². The molecule has 1 aliphatic rings. The van der Waals surface area contributed by atoms with Crippen molar-refractivity contribution >= 4 is 34.0 Å². The summed E-state index contributed by atoms with van der Waals surface area (Å²) in [6, 6.07) is 6.18. The minimum atomic E-state index is -3.48. The van der Waals surface area contributed by atoms with Gasteiger partial charge in [-0.1, -0.05) is 0 Å². The van der Waals surface area contributed by atoms with Crippen LogP contribution in [0.15, 0.2) is 29.2 Å². The van der Waals surface area contributed by atoms with Gasteiger partial charge >= 0.3 is 0 Å². The highest BCUT2D eigenvalue weighted by molar-refractivity contribution is 7.89. The molecule has 6 nitrogen and oxygen atoms in total. The third-order valence-corrected chi connectivity index (χ3v) is 5.25. The van der Waals surface area contributed by atoms with Crippen LogP contribution in [-0.2, 0) is 14.8 Å². The number of piperazine rings is 1. The van der Waals surface area contributed by atoms with Crippen LogP contribution in [0.2, 0.25) is 0 Å². The van der Waals surface area contributed by atoms with E-state index in [4.69, 9.17) is 0 Å². The predicted molar refractivity (Wildman–Crippen MR) is 84.2 cm³/mol. The molecule has 1 saturated heterocycles. The Labute approximate surface area is 131 Å². The van der Waals surface area contributed by atoms with Crippen LogP contribution in [0.3, 0.4) is 0 Å². The molecule has 1 aromatic rings. The molecule has 0 aromatic heterocycles. The monoisotopic (exact) mass is 333 g/mol. The highest BCUT2D eigenvalue weighted by Gasteiger charge is 2.30. The Balaban J connectivity index is 0.00000220. The summed E-state index contributed by atoms with van der Waals surface area (Å²) in [5, 5.41) is 5.78. The van der Waals surface area contributed by atoms with Crippen LogP contribution in [-0.4, -0.2) is 44.3 Å². The van der Waals surface area contributed by atoms with E-state index < -0.39 is 10.0 Å². The molecule has 0 bridgehead atoms. The van der Waals surface area contributed by atoms with Gasteiger partial charge in [-0.2, -0.15) is 4.31 Å². The summed E-state index contributed by atoms with van der Waals surface area (Å²) in [5.74, 6) is -0.184. The van der Waals surface area contributed by atoms with Crippen molar-refractivity contribution in [2.45, 2.75) is 24.8 Å². The first kappa shape index (κ1) is 17.9. The molecule has 2 N–H and O–H groups in total. The number of anilines is 1. The lowest BCUT2D eigenvalue weighted by Crippen LogP contribution is -2.52. The van der Waals surface area contributed by atoms with Crippen molar-refractivity contribution in [3.63, 3.8) is 0 Å². The topological polar surface area (TPSA) is 78.5 Å². The molecule has 1 unspecified atom stereocenters. The summed E-state index contributed by atoms with van der Waals surface area (Å²) in [7, 11) is -3.48. The van der Waals surface area contributed by atoms with E-state index in [2.05, 4.69) is 10.6 Å². The number of benzene rings is 1. The van der Waals surface area contributed by atoms with Crippen molar-refractivity contribution in [2.24, 2.45) is 0 Å². The Kier molecular flexibility index (Phi) is 6.15. The summed E-state index contributed by atoms with van der Waals surface area (Å²) in [5.41, 5.74) is 0.588. The number of carbonyl (C=O) groups excluding carboxylic acids is 1. The second-order valence-electron chi connectivity index (χ2n) is 4.87. The Morgan fingerprint density at radius 2 is 1.95 bits per heavy atom. The number of halogens is 1. The standard InChI is InChI=1S/C13H19N3O3S.ClH/c1-10-9-14-7-8-16(10)20(18,19)13-5-3-12(4-6-13)15-11(2)17;/h3-6,10,14H,7-9H2,1-2H3,(H,15,17);1H. The first-order valence-electron chi connectivity index (χ1n) is 6.51. The number of sulfonamides is 1. The third kappa shape index (κ3) is 4.16. The molecule has 1 fully saturated rings. The summed E-state index contributed by atoms with van der Waals surface area (Å²) < 4.78 is 26.6. The van der Waals surface area contributed by atoms with Gasteiger partial charge in [0.2, 0.25) is 15.9 Å². The molecule has 1 heterocycles. The van der Waals surface area contributed by atoms with Gasteiger partial charge in [0.05, 0.1) is 4.90 Å².